The van der Waals surface area contributed by atoms with Gasteiger partial charge in [0.1, 0.15) is 78.5 Å². The Morgan fingerprint density at radius 2 is 0.965 bits per heavy atom. The zero-order chi connectivity index (χ0) is 83.9. The number of H-pyrrole nitrogens is 2. The van der Waals surface area contributed by atoms with E-state index < -0.39 is 217 Å². The first-order valence-corrected chi connectivity index (χ1v) is 38.7. The zero-order valence-electron chi connectivity index (χ0n) is 65.9. The van der Waals surface area contributed by atoms with Crippen LogP contribution in [0.25, 0.3) is 10.9 Å². The number of benzene rings is 2. The summed E-state index contributed by atoms with van der Waals surface area (Å²) in [5, 5.41) is 81.0. The molecule has 4 aromatic rings. The molecule has 624 valence electrons. The average molecular weight is 1580 g/mol. The molecule has 36 nitrogen and oxygen atoms in total. The van der Waals surface area contributed by atoms with Gasteiger partial charge in [-0.1, -0.05) is 130 Å². The van der Waals surface area contributed by atoms with Crippen LogP contribution in [0, 0.1) is 23.7 Å². The number of rotatable bonds is 48. The fourth-order valence-corrected chi connectivity index (χ4v) is 12.9. The summed E-state index contributed by atoms with van der Waals surface area (Å²) >= 11 is 0. The molecule has 19 atom stereocenters. The number of aromatic nitrogens is 3. The van der Waals surface area contributed by atoms with Gasteiger partial charge in [-0.05, 0) is 99.8 Å². The number of hydrogen-bond acceptors (Lipinski definition) is 20. The molecule has 0 bridgehead atoms. The van der Waals surface area contributed by atoms with Gasteiger partial charge in [0, 0.05) is 55.5 Å². The Bertz CT molecular complexity index is 3840. The van der Waals surface area contributed by atoms with Gasteiger partial charge < -0.3 is 110 Å². The molecule has 3 heterocycles. The molecule has 22 N–H and O–H groups in total. The van der Waals surface area contributed by atoms with E-state index >= 15 is 9.59 Å². The predicted molar refractivity (Wildman–Crippen MR) is 414 cm³/mol. The van der Waals surface area contributed by atoms with Gasteiger partial charge in [-0.25, -0.2) is 9.78 Å². The lowest BCUT2D eigenvalue weighted by molar-refractivity contribution is -0.144. The molecule has 2 aromatic carbocycles. The standard InChI is InChI=1S/C77H117N17O19/c1-11-40(5)59(71(106)86-55(34-47-36-81-51-26-19-18-25-49(47)51)68(103)85-54(33-46-23-16-15-17-24-46)69(104)88-60(41(6)12-2)72(107)89-61(42(7)13-3)73(108)91-62(77(112)113)43(8)14-4)90-75(110)64(45(10)97)92-67(102)52(27-20-21-31-78)83-66(101)53(29-30-58(98)99)84-74(109)63(44(9)96)93-70(105)57-28-22-32-94(57)76(111)56(35-48-37-80-39-82-48)87-65(100)50(79)38-95/h15-19,23-26,36-37,39-45,50,52-57,59-64,81,95-97H,11-14,20-22,27-35,38,78-79H2,1-10H3,(H,80,82)(H,83,101)(H,84,109)(H,85,103)(H,86,106)(H,87,100)(H,88,104)(H,89,107)(H,90,110)(H,91,108)(H,92,102)(H,93,105)(H,98,99)(H,112,113)/t40-,41-,42-,43-,44+,45+,50-,52-,53-,54-,55-,56-,57-,59-,60-,61-,62-,63-,64-/m0/s1. The second kappa shape index (κ2) is 45.9. The summed E-state index contributed by atoms with van der Waals surface area (Å²) in [6, 6.07) is -3.70. The van der Waals surface area contributed by atoms with Crippen LogP contribution >= 0.6 is 0 Å². The number of carbonyl (C=O) groups is 14. The van der Waals surface area contributed by atoms with E-state index in [0.29, 0.717) is 53.4 Å². The number of aliphatic hydroxyl groups excluding tert-OH is 3. The summed E-state index contributed by atoms with van der Waals surface area (Å²) in [4.78, 5) is 209. The third kappa shape index (κ3) is 27.7. The third-order valence-electron chi connectivity index (χ3n) is 20.7. The molecule has 12 amide bonds. The first kappa shape index (κ1) is 93.2. The molecule has 2 aromatic heterocycles. The van der Waals surface area contributed by atoms with E-state index in [1.165, 1.54) is 12.5 Å². The number of fused-ring (bicyclic) bond motifs is 1. The van der Waals surface area contributed by atoms with Crippen LogP contribution in [0.5, 0.6) is 0 Å². The van der Waals surface area contributed by atoms with Gasteiger partial charge >= 0.3 is 11.9 Å². The van der Waals surface area contributed by atoms with E-state index in [9.17, 15) is 83.1 Å². The predicted octanol–water partition coefficient (Wildman–Crippen LogP) is -1.41. The lowest BCUT2D eigenvalue weighted by Crippen LogP contribution is -2.63. The highest BCUT2D eigenvalue weighted by molar-refractivity contribution is 6.01. The number of hydrogen-bond donors (Lipinski definition) is 20. The molecule has 0 radical (unpaired) electrons. The molecule has 0 spiro atoms. The second-order valence-electron chi connectivity index (χ2n) is 29.3. The first-order valence-electron chi connectivity index (χ1n) is 38.7. The van der Waals surface area contributed by atoms with E-state index in [2.05, 4.69) is 73.4 Å². The Morgan fingerprint density at radius 1 is 0.513 bits per heavy atom. The van der Waals surface area contributed by atoms with Crippen LogP contribution in [0.15, 0.2) is 73.3 Å². The number of unbranched alkanes of at least 4 members (excludes halogenated alkanes) is 1. The number of amides is 12. The number of carboxylic acids is 2. The average Bonchev–Trinajstić information content (AvgIpc) is 1.59. The van der Waals surface area contributed by atoms with Crippen LogP contribution in [0.3, 0.4) is 0 Å². The molecule has 5 rings (SSSR count). The van der Waals surface area contributed by atoms with Crippen LogP contribution in [0.4, 0.5) is 0 Å². The number of nitrogens with one attached hydrogen (secondary N) is 13. The number of carboxylic acid groups (broad SMARTS) is 2. The Labute approximate surface area is 656 Å². The van der Waals surface area contributed by atoms with Crippen molar-refractivity contribution in [3.63, 3.8) is 0 Å². The van der Waals surface area contributed by atoms with E-state index in [-0.39, 0.29) is 64.5 Å². The Hall–Kier alpha value is -10.4. The minimum atomic E-state index is -1.88. The molecule has 0 saturated carbocycles. The smallest absolute Gasteiger partial charge is 0.326 e. The lowest BCUT2D eigenvalue weighted by atomic mass is 9.93. The maximum atomic E-state index is 15.3. The van der Waals surface area contributed by atoms with Gasteiger partial charge in [0.2, 0.25) is 70.9 Å². The van der Waals surface area contributed by atoms with Gasteiger partial charge in [0.15, 0.2) is 0 Å². The number of aromatic amines is 2. The molecular weight excluding hydrogens is 1470 g/mol. The Balaban J connectivity index is 1.41. The maximum Gasteiger partial charge on any atom is 0.326 e. The molecule has 1 fully saturated rings. The van der Waals surface area contributed by atoms with Crippen molar-refractivity contribution in [1.29, 1.82) is 0 Å². The SMILES string of the molecule is CC[C@H](C)[C@H](NC(=O)[C@@H](NC(=O)[C@@H](NC(=O)[C@H](Cc1ccccc1)NC(=O)[C@H](Cc1c[nH]c2ccccc12)NC(=O)[C@@H](NC(=O)[C@@H](NC(=O)[C@H](CCCCN)NC(=O)[C@H](CCC(=O)O)NC(=O)[C@@H](NC(=O)[C@@H]1CCCN1C(=O)[C@H](Cc1c[nH]cn1)NC(=O)[C@@H](N)CO)[C@@H](C)O)[C@@H](C)O)[C@@H](C)CC)[C@@H](C)CC)[C@@H](C)CC)C(=O)O. The number of aliphatic carboxylic acids is 2. The molecule has 1 aliphatic heterocycles. The minimum Gasteiger partial charge on any atom is -0.481 e. The van der Waals surface area contributed by atoms with Gasteiger partial charge in [0.05, 0.1) is 30.8 Å². The zero-order valence-corrected chi connectivity index (χ0v) is 65.9. The Morgan fingerprint density at radius 3 is 1.51 bits per heavy atom. The fourth-order valence-electron chi connectivity index (χ4n) is 12.9. The number of aliphatic hydroxyl groups is 3. The Kier molecular flexibility index (Phi) is 37.9. The van der Waals surface area contributed by atoms with Crippen molar-refractivity contribution in [3.05, 3.63) is 90.1 Å². The highest BCUT2D eigenvalue weighted by Crippen LogP contribution is 2.24. The van der Waals surface area contributed by atoms with Crippen LogP contribution in [0.1, 0.15) is 157 Å². The quantitative estimate of drug-likeness (QED) is 0.0226. The van der Waals surface area contributed by atoms with Crippen molar-refractivity contribution in [2.45, 2.75) is 250 Å². The number of carbonyl (C=O) groups excluding carboxylic acids is 12. The maximum absolute atomic E-state index is 15.3. The summed E-state index contributed by atoms with van der Waals surface area (Å²) in [5.41, 5.74) is 13.7. The number of para-hydroxylation sites is 1. The highest BCUT2D eigenvalue weighted by Gasteiger charge is 2.43. The molecule has 0 unspecified atom stereocenters. The summed E-state index contributed by atoms with van der Waals surface area (Å²) in [6.45, 7) is 15.5. The summed E-state index contributed by atoms with van der Waals surface area (Å²) in [5.74, 6) is -16.2. The van der Waals surface area contributed by atoms with E-state index in [1.54, 1.807) is 116 Å². The van der Waals surface area contributed by atoms with Crippen molar-refractivity contribution in [3.8, 4) is 0 Å². The van der Waals surface area contributed by atoms with Crippen molar-refractivity contribution in [2.75, 3.05) is 19.7 Å². The highest BCUT2D eigenvalue weighted by atomic mass is 16.4. The van der Waals surface area contributed by atoms with E-state index in [1.807, 2.05) is 0 Å². The molecule has 36 heteroatoms. The largest absolute Gasteiger partial charge is 0.481 e. The fraction of sp³-hybridized carbons (Fsp3) is 0.597. The minimum absolute atomic E-state index is 0.0105. The molecule has 113 heavy (non-hydrogen) atoms. The molecule has 1 aliphatic rings. The number of likely N-dealkylation sites (tertiary alicyclic amines) is 1. The third-order valence-corrected chi connectivity index (χ3v) is 20.7. The lowest BCUT2D eigenvalue weighted by Gasteiger charge is -2.32. The summed E-state index contributed by atoms with van der Waals surface area (Å²) in [6.07, 6.45) is 1.13. The van der Waals surface area contributed by atoms with Gasteiger partial charge in [-0.15, -0.1) is 0 Å². The number of nitrogens with zero attached hydrogens (tertiary/aromatic N) is 2. The van der Waals surface area contributed by atoms with Crippen molar-refractivity contribution < 1.29 is 92.7 Å². The second-order valence-corrected chi connectivity index (χ2v) is 29.3. The van der Waals surface area contributed by atoms with Crippen molar-refractivity contribution in [1.82, 2.24) is 78.3 Å². The first-order chi connectivity index (χ1) is 53.6. The van der Waals surface area contributed by atoms with Crippen molar-refractivity contribution >= 4 is 93.7 Å². The summed E-state index contributed by atoms with van der Waals surface area (Å²) in [7, 11) is 0. The van der Waals surface area contributed by atoms with Gasteiger partial charge in [-0.2, -0.15) is 0 Å². The molecule has 0 aliphatic carbocycles. The summed E-state index contributed by atoms with van der Waals surface area (Å²) < 4.78 is 0. The normalized spacial score (nSPS) is 17.5. The number of imidazole rings is 1. The van der Waals surface area contributed by atoms with Crippen LogP contribution < -0.4 is 70.0 Å². The van der Waals surface area contributed by atoms with Gasteiger partial charge in [0.25, 0.3) is 0 Å². The topological polar surface area (TPSA) is 572 Å². The molecular formula is C77H117N17O19. The van der Waals surface area contributed by atoms with Crippen LogP contribution in [0.2, 0.25) is 0 Å². The van der Waals surface area contributed by atoms with Gasteiger partial charge in [-0.3, -0.25) is 62.3 Å². The van der Waals surface area contributed by atoms with Crippen LogP contribution in [-0.2, 0) is 86.4 Å². The van der Waals surface area contributed by atoms with Crippen molar-refractivity contribution in [2.24, 2.45) is 35.1 Å². The van der Waals surface area contributed by atoms with E-state index in [0.717, 1.165) is 18.7 Å². The van der Waals surface area contributed by atoms with E-state index in [4.69, 9.17) is 11.5 Å². The monoisotopic (exact) mass is 1580 g/mol. The van der Waals surface area contributed by atoms with Crippen LogP contribution in [-0.4, -0.2) is 239 Å². The molecule has 1 saturated heterocycles. The number of nitrogens with two attached hydrogens (primary N) is 2.